The largest absolute Gasteiger partial charge is 0.383 e. The average molecular weight is 402 g/mol. The molecule has 0 bridgehead atoms. The molecule has 2 aromatic rings. The smallest absolute Gasteiger partial charge is 0.239 e. The van der Waals surface area contributed by atoms with E-state index in [0.717, 1.165) is 5.56 Å². The van der Waals surface area contributed by atoms with Crippen LogP contribution in [0.3, 0.4) is 0 Å². The van der Waals surface area contributed by atoms with Crippen molar-refractivity contribution in [3.63, 3.8) is 0 Å². The number of rotatable bonds is 10. The highest BCUT2D eigenvalue weighted by Gasteiger charge is 2.22. The number of nitrogens with one attached hydrogen (secondary N) is 2. The molecular weight excluding hydrogens is 376 g/mol. The van der Waals surface area contributed by atoms with Gasteiger partial charge in [0.2, 0.25) is 17.7 Å². The van der Waals surface area contributed by atoms with E-state index in [4.69, 9.17) is 9.26 Å². The number of amides is 3. The summed E-state index contributed by atoms with van der Waals surface area (Å²) < 4.78 is 9.93. The predicted octanol–water partition coefficient (Wildman–Crippen LogP) is 1.62. The van der Waals surface area contributed by atoms with Crippen molar-refractivity contribution in [2.75, 3.05) is 31.7 Å². The summed E-state index contributed by atoms with van der Waals surface area (Å²) in [4.78, 5) is 37.9. The molecule has 0 unspecified atom stereocenters. The second kappa shape index (κ2) is 11.0. The molecule has 0 aliphatic rings. The maximum atomic E-state index is 12.9. The summed E-state index contributed by atoms with van der Waals surface area (Å²) in [5, 5.41) is 9.03. The van der Waals surface area contributed by atoms with E-state index < -0.39 is 0 Å². The van der Waals surface area contributed by atoms with Gasteiger partial charge in [-0.3, -0.25) is 19.3 Å². The van der Waals surface area contributed by atoms with Gasteiger partial charge < -0.3 is 19.9 Å². The first-order chi connectivity index (χ1) is 13.9. The van der Waals surface area contributed by atoms with Crippen LogP contribution in [0.25, 0.3) is 0 Å². The summed E-state index contributed by atoms with van der Waals surface area (Å²) in [7, 11) is 1.53. The molecular formula is C20H26N4O5. The lowest BCUT2D eigenvalue weighted by molar-refractivity contribution is -0.127. The van der Waals surface area contributed by atoms with Crippen molar-refractivity contribution >= 4 is 29.2 Å². The first-order valence-corrected chi connectivity index (χ1v) is 9.26. The zero-order valence-corrected chi connectivity index (χ0v) is 16.9. The zero-order valence-electron chi connectivity index (χ0n) is 16.9. The molecule has 29 heavy (non-hydrogen) atoms. The third-order valence-electron chi connectivity index (χ3n) is 3.99. The number of methoxy groups -OCH3 is 1. The summed E-state index contributed by atoms with van der Waals surface area (Å²) in [6.45, 7) is 4.27. The molecule has 3 amide bonds. The van der Waals surface area contributed by atoms with E-state index >= 15 is 0 Å². The molecule has 1 aromatic heterocycles. The Balaban J connectivity index is 1.94. The van der Waals surface area contributed by atoms with E-state index in [-0.39, 0.29) is 37.1 Å². The van der Waals surface area contributed by atoms with E-state index in [1.807, 2.05) is 25.1 Å². The number of aromatic nitrogens is 1. The van der Waals surface area contributed by atoms with E-state index in [1.165, 1.54) is 12.0 Å². The Hall–Kier alpha value is -3.20. The van der Waals surface area contributed by atoms with Crippen LogP contribution < -0.4 is 15.5 Å². The van der Waals surface area contributed by atoms with Crippen LogP contribution in [0.15, 0.2) is 34.9 Å². The highest BCUT2D eigenvalue weighted by molar-refractivity contribution is 6.01. The number of benzene rings is 1. The van der Waals surface area contributed by atoms with Crippen molar-refractivity contribution in [1.29, 1.82) is 0 Å². The van der Waals surface area contributed by atoms with Gasteiger partial charge in [-0.25, -0.2) is 0 Å². The molecule has 0 aliphatic heterocycles. The van der Waals surface area contributed by atoms with Gasteiger partial charge in [0.05, 0.1) is 18.8 Å². The molecule has 0 saturated heterocycles. The van der Waals surface area contributed by atoms with Crippen LogP contribution >= 0.6 is 0 Å². The van der Waals surface area contributed by atoms with Gasteiger partial charge in [-0.1, -0.05) is 17.3 Å². The summed E-state index contributed by atoms with van der Waals surface area (Å²) >= 11 is 0. The third kappa shape index (κ3) is 7.04. The molecule has 0 radical (unpaired) electrons. The number of nitrogens with zero attached hydrogens (tertiary/aromatic N) is 2. The fraction of sp³-hybridized carbons (Fsp3) is 0.400. The van der Waals surface area contributed by atoms with Crippen molar-refractivity contribution in [2.45, 2.75) is 26.7 Å². The molecule has 0 fully saturated rings. The Labute approximate surface area is 169 Å². The molecule has 0 atom stereocenters. The zero-order chi connectivity index (χ0) is 21.2. The van der Waals surface area contributed by atoms with Crippen LogP contribution in [-0.2, 0) is 19.1 Å². The first kappa shape index (κ1) is 22.1. The lowest BCUT2D eigenvalue weighted by atomic mass is 10.2. The van der Waals surface area contributed by atoms with Crippen LogP contribution in [0.5, 0.6) is 0 Å². The monoisotopic (exact) mass is 402 g/mol. The minimum atomic E-state index is -0.388. The maximum absolute atomic E-state index is 12.9. The molecule has 2 N–H and O–H groups in total. The van der Waals surface area contributed by atoms with Gasteiger partial charge in [0.25, 0.3) is 0 Å². The van der Waals surface area contributed by atoms with Crippen molar-refractivity contribution in [1.82, 2.24) is 15.8 Å². The second-order valence-corrected chi connectivity index (χ2v) is 6.48. The molecule has 0 aliphatic carbocycles. The Kier molecular flexibility index (Phi) is 8.35. The summed E-state index contributed by atoms with van der Waals surface area (Å²) in [6, 6.07) is 9.06. The van der Waals surface area contributed by atoms with E-state index in [9.17, 15) is 14.4 Å². The van der Waals surface area contributed by atoms with Crippen LogP contribution in [0.4, 0.5) is 11.5 Å². The SMILES string of the molecule is COCCNC(=O)CNC(=O)CCC(=O)N(c1cccc(C)c1)c1cc(C)on1. The number of anilines is 2. The Morgan fingerprint density at radius 3 is 2.55 bits per heavy atom. The van der Waals surface area contributed by atoms with Crippen LogP contribution in [0.2, 0.25) is 0 Å². The highest BCUT2D eigenvalue weighted by Crippen LogP contribution is 2.27. The maximum Gasteiger partial charge on any atom is 0.239 e. The first-order valence-electron chi connectivity index (χ1n) is 9.26. The standard InChI is InChI=1S/C20H26N4O5/c1-14-5-4-6-16(11-14)24(17-12-15(2)29-23-17)20(27)8-7-18(25)22-13-19(26)21-9-10-28-3/h4-6,11-12H,7-10,13H2,1-3H3,(H,21,26)(H,22,25). The number of ether oxygens (including phenoxy) is 1. The van der Waals surface area contributed by atoms with Gasteiger partial charge in [-0.05, 0) is 31.5 Å². The van der Waals surface area contributed by atoms with Gasteiger partial charge in [-0.15, -0.1) is 0 Å². The normalized spacial score (nSPS) is 10.4. The van der Waals surface area contributed by atoms with E-state index in [2.05, 4.69) is 15.8 Å². The Bertz CT molecular complexity index is 849. The molecule has 2 rings (SSSR count). The fourth-order valence-corrected chi connectivity index (χ4v) is 2.58. The predicted molar refractivity (Wildman–Crippen MR) is 107 cm³/mol. The lowest BCUT2D eigenvalue weighted by Gasteiger charge is -2.20. The van der Waals surface area contributed by atoms with Gasteiger partial charge in [0.15, 0.2) is 5.82 Å². The topological polar surface area (TPSA) is 114 Å². The number of carbonyl (C=O) groups excluding carboxylic acids is 3. The number of hydrogen-bond acceptors (Lipinski definition) is 6. The van der Waals surface area contributed by atoms with Gasteiger partial charge in [0.1, 0.15) is 5.76 Å². The van der Waals surface area contributed by atoms with Gasteiger partial charge in [0, 0.05) is 32.6 Å². The average Bonchev–Trinajstić information content (AvgIpc) is 3.11. The fourth-order valence-electron chi connectivity index (χ4n) is 2.58. The van der Waals surface area contributed by atoms with Crippen LogP contribution in [0, 0.1) is 13.8 Å². The molecule has 1 aromatic carbocycles. The molecule has 1 heterocycles. The lowest BCUT2D eigenvalue weighted by Crippen LogP contribution is -2.38. The number of aryl methyl sites for hydroxylation is 2. The van der Waals surface area contributed by atoms with Crippen LogP contribution in [-0.4, -0.2) is 49.7 Å². The Morgan fingerprint density at radius 1 is 1.10 bits per heavy atom. The summed E-state index contributed by atoms with van der Waals surface area (Å²) in [5.41, 5.74) is 1.62. The second-order valence-electron chi connectivity index (χ2n) is 6.48. The Morgan fingerprint density at radius 2 is 1.90 bits per heavy atom. The van der Waals surface area contributed by atoms with E-state index in [0.29, 0.717) is 30.4 Å². The molecule has 9 nitrogen and oxygen atoms in total. The van der Waals surface area contributed by atoms with Gasteiger partial charge in [-0.2, -0.15) is 0 Å². The van der Waals surface area contributed by atoms with E-state index in [1.54, 1.807) is 19.1 Å². The van der Waals surface area contributed by atoms with Crippen molar-refractivity contribution in [3.8, 4) is 0 Å². The molecule has 9 heteroatoms. The molecule has 0 spiro atoms. The number of carbonyl (C=O) groups is 3. The summed E-state index contributed by atoms with van der Waals surface area (Å²) in [5.74, 6) is -0.0794. The van der Waals surface area contributed by atoms with Crippen LogP contribution in [0.1, 0.15) is 24.2 Å². The van der Waals surface area contributed by atoms with Crippen molar-refractivity contribution in [3.05, 3.63) is 41.7 Å². The highest BCUT2D eigenvalue weighted by atomic mass is 16.5. The van der Waals surface area contributed by atoms with Crippen molar-refractivity contribution < 1.29 is 23.6 Å². The third-order valence-corrected chi connectivity index (χ3v) is 3.99. The minimum Gasteiger partial charge on any atom is -0.383 e. The molecule has 156 valence electrons. The van der Waals surface area contributed by atoms with Gasteiger partial charge >= 0.3 is 0 Å². The summed E-state index contributed by atoms with van der Waals surface area (Å²) in [6.07, 6.45) is -0.0969. The molecule has 0 saturated carbocycles. The quantitative estimate of drug-likeness (QED) is 0.584. The minimum absolute atomic E-state index is 0.0447. The van der Waals surface area contributed by atoms with Crippen molar-refractivity contribution in [2.24, 2.45) is 0 Å². The number of hydrogen-bond donors (Lipinski definition) is 2.